The molecule has 3 aliphatic heterocycles. The first kappa shape index (κ1) is 24.4. The van der Waals surface area contributed by atoms with E-state index in [1.165, 1.54) is 6.92 Å². The fraction of sp³-hybridized carbons (Fsp3) is 0.519. The summed E-state index contributed by atoms with van der Waals surface area (Å²) in [5, 5.41) is 12.2. The van der Waals surface area contributed by atoms with Crippen molar-refractivity contribution in [2.75, 3.05) is 38.2 Å². The molecule has 5 rings (SSSR count). The molecule has 3 aliphatic rings. The highest BCUT2D eigenvalue weighted by molar-refractivity contribution is 5.88. The van der Waals surface area contributed by atoms with Crippen molar-refractivity contribution in [1.82, 2.24) is 4.90 Å². The molecule has 3 heterocycles. The highest BCUT2D eigenvalue weighted by Gasteiger charge is 2.41. The minimum atomic E-state index is -0.553. The second-order valence-corrected chi connectivity index (χ2v) is 9.57. The number of ether oxygens (including phenoxy) is 4. The molecule has 35 heavy (non-hydrogen) atoms. The van der Waals surface area contributed by atoms with Crippen molar-refractivity contribution in [1.29, 1.82) is 0 Å². The van der Waals surface area contributed by atoms with Crippen LogP contribution in [0.1, 0.15) is 55.3 Å². The van der Waals surface area contributed by atoms with Gasteiger partial charge < -0.3 is 34.3 Å². The van der Waals surface area contributed by atoms with Crippen LogP contribution in [0.25, 0.3) is 0 Å². The maximum Gasteiger partial charge on any atom is 0.221 e. The summed E-state index contributed by atoms with van der Waals surface area (Å²) in [7, 11) is 0. The summed E-state index contributed by atoms with van der Waals surface area (Å²) in [6.45, 7) is 5.47. The lowest BCUT2D eigenvalue weighted by atomic mass is 9.98. The van der Waals surface area contributed by atoms with Crippen LogP contribution in [0, 0.1) is 0 Å². The lowest BCUT2D eigenvalue weighted by Crippen LogP contribution is -2.48. The van der Waals surface area contributed by atoms with Crippen LogP contribution >= 0.6 is 0 Å². The summed E-state index contributed by atoms with van der Waals surface area (Å²) in [5.41, 5.74) is 3.51. The first-order valence-corrected chi connectivity index (χ1v) is 12.4. The van der Waals surface area contributed by atoms with Gasteiger partial charge in [0.25, 0.3) is 0 Å². The van der Waals surface area contributed by atoms with Crippen LogP contribution in [-0.2, 0) is 30.3 Å². The van der Waals surface area contributed by atoms with E-state index in [2.05, 4.69) is 10.2 Å². The van der Waals surface area contributed by atoms with Gasteiger partial charge in [0.2, 0.25) is 5.91 Å². The number of amides is 1. The lowest BCUT2D eigenvalue weighted by molar-refractivity contribution is -0.255. The Morgan fingerprint density at radius 2 is 1.80 bits per heavy atom. The molecule has 3 saturated heterocycles. The SMILES string of the molecule is CC(=O)Nc1cccc([C@@H]2O[C@H](CN3CCC4(CC3)OCCO4)C[C@H](c3ccc(CO)cc3)O2)c1. The molecule has 3 fully saturated rings. The molecule has 2 aromatic carbocycles. The monoisotopic (exact) mass is 482 g/mol. The van der Waals surface area contributed by atoms with Crippen molar-refractivity contribution in [2.45, 2.75) is 57.1 Å². The van der Waals surface area contributed by atoms with E-state index in [4.69, 9.17) is 18.9 Å². The molecule has 0 unspecified atom stereocenters. The maximum absolute atomic E-state index is 11.5. The van der Waals surface area contributed by atoms with Gasteiger partial charge in [-0.05, 0) is 23.3 Å². The summed E-state index contributed by atoms with van der Waals surface area (Å²) < 4.78 is 24.7. The smallest absolute Gasteiger partial charge is 0.221 e. The highest BCUT2D eigenvalue weighted by atomic mass is 16.7. The number of aliphatic hydroxyl groups is 1. The van der Waals surface area contributed by atoms with Crippen molar-refractivity contribution in [3.63, 3.8) is 0 Å². The van der Waals surface area contributed by atoms with Crippen LogP contribution < -0.4 is 5.32 Å². The largest absolute Gasteiger partial charge is 0.392 e. The second kappa shape index (κ2) is 10.7. The molecular formula is C27H34N2O6. The quantitative estimate of drug-likeness (QED) is 0.651. The van der Waals surface area contributed by atoms with E-state index in [-0.39, 0.29) is 24.7 Å². The van der Waals surface area contributed by atoms with Gasteiger partial charge in [-0.2, -0.15) is 0 Å². The van der Waals surface area contributed by atoms with E-state index in [0.717, 1.165) is 55.6 Å². The third-order valence-electron chi connectivity index (χ3n) is 6.99. The third-order valence-corrected chi connectivity index (χ3v) is 6.99. The first-order valence-electron chi connectivity index (χ1n) is 12.4. The van der Waals surface area contributed by atoms with E-state index in [1.54, 1.807) is 0 Å². The van der Waals surface area contributed by atoms with Crippen molar-refractivity contribution in [3.8, 4) is 0 Å². The molecule has 2 aromatic rings. The topological polar surface area (TPSA) is 89.5 Å². The number of nitrogens with zero attached hydrogens (tertiary/aromatic N) is 1. The number of carbonyl (C=O) groups excluding carboxylic acids is 1. The average molecular weight is 483 g/mol. The number of hydrogen-bond donors (Lipinski definition) is 2. The van der Waals surface area contributed by atoms with Gasteiger partial charge in [0.05, 0.1) is 32.0 Å². The Morgan fingerprint density at radius 1 is 1.06 bits per heavy atom. The van der Waals surface area contributed by atoms with Crippen molar-refractivity contribution < 1.29 is 28.8 Å². The van der Waals surface area contributed by atoms with Gasteiger partial charge in [0.1, 0.15) is 0 Å². The van der Waals surface area contributed by atoms with Gasteiger partial charge in [0.15, 0.2) is 12.1 Å². The molecule has 1 spiro atoms. The van der Waals surface area contributed by atoms with Gasteiger partial charge in [-0.1, -0.05) is 36.4 Å². The molecule has 3 atom stereocenters. The number of piperidine rings is 1. The number of nitrogens with one attached hydrogen (secondary N) is 1. The predicted octanol–water partition coefficient (Wildman–Crippen LogP) is 3.52. The van der Waals surface area contributed by atoms with Gasteiger partial charge in [-0.15, -0.1) is 0 Å². The number of aliphatic hydroxyl groups excluding tert-OH is 1. The standard InChI is InChI=1S/C27H34N2O6/c1-19(31)28-23-4-2-3-22(15-23)26-34-24(16-25(35-26)21-7-5-20(18-30)6-8-21)17-29-11-9-27(10-12-29)32-13-14-33-27/h2-8,15,24-26,30H,9-14,16-18H2,1H3,(H,28,31)/t24-,25+,26+/m0/s1. The Bertz CT molecular complexity index is 997. The molecule has 0 aliphatic carbocycles. The molecule has 0 saturated carbocycles. The fourth-order valence-corrected chi connectivity index (χ4v) is 5.15. The maximum atomic E-state index is 11.5. The fourth-order valence-electron chi connectivity index (χ4n) is 5.15. The van der Waals surface area contributed by atoms with E-state index < -0.39 is 12.1 Å². The number of hydrogen-bond acceptors (Lipinski definition) is 7. The molecule has 1 amide bonds. The second-order valence-electron chi connectivity index (χ2n) is 9.57. The number of rotatable bonds is 6. The Hall–Kier alpha value is -2.33. The van der Waals surface area contributed by atoms with Crippen LogP contribution in [0.5, 0.6) is 0 Å². The Labute approximate surface area is 206 Å². The number of benzene rings is 2. The molecule has 0 radical (unpaired) electrons. The number of anilines is 1. The molecule has 0 bridgehead atoms. The normalized spacial score (nSPS) is 26.6. The van der Waals surface area contributed by atoms with Crippen LogP contribution in [0.3, 0.4) is 0 Å². The minimum Gasteiger partial charge on any atom is -0.392 e. The Balaban J connectivity index is 1.32. The third kappa shape index (κ3) is 5.91. The summed E-state index contributed by atoms with van der Waals surface area (Å²) in [6, 6.07) is 15.5. The zero-order valence-corrected chi connectivity index (χ0v) is 20.2. The van der Waals surface area contributed by atoms with Crippen LogP contribution in [0.4, 0.5) is 5.69 Å². The van der Waals surface area contributed by atoms with Gasteiger partial charge in [0, 0.05) is 57.1 Å². The van der Waals surface area contributed by atoms with Crippen molar-refractivity contribution in [3.05, 3.63) is 65.2 Å². The van der Waals surface area contributed by atoms with Crippen molar-refractivity contribution >= 4 is 11.6 Å². The predicted molar refractivity (Wildman–Crippen MR) is 129 cm³/mol. The van der Waals surface area contributed by atoms with E-state index in [9.17, 15) is 9.90 Å². The van der Waals surface area contributed by atoms with E-state index >= 15 is 0 Å². The Kier molecular flexibility index (Phi) is 7.48. The van der Waals surface area contributed by atoms with E-state index in [0.29, 0.717) is 18.9 Å². The average Bonchev–Trinajstić information content (AvgIpc) is 3.33. The minimum absolute atomic E-state index is 0.0139. The molecule has 0 aromatic heterocycles. The van der Waals surface area contributed by atoms with E-state index in [1.807, 2.05) is 48.5 Å². The molecule has 8 heteroatoms. The summed E-state index contributed by atoms with van der Waals surface area (Å²) in [5.74, 6) is -0.512. The lowest BCUT2D eigenvalue weighted by Gasteiger charge is -2.41. The van der Waals surface area contributed by atoms with Crippen molar-refractivity contribution in [2.24, 2.45) is 0 Å². The van der Waals surface area contributed by atoms with Crippen LogP contribution in [-0.4, -0.2) is 60.7 Å². The zero-order chi connectivity index (χ0) is 24.3. The van der Waals surface area contributed by atoms with Gasteiger partial charge in [-0.25, -0.2) is 0 Å². The molecule has 8 nitrogen and oxygen atoms in total. The summed E-state index contributed by atoms with van der Waals surface area (Å²) >= 11 is 0. The van der Waals surface area contributed by atoms with Crippen LogP contribution in [0.15, 0.2) is 48.5 Å². The van der Waals surface area contributed by atoms with Gasteiger partial charge in [-0.3, -0.25) is 4.79 Å². The zero-order valence-electron chi connectivity index (χ0n) is 20.2. The first-order chi connectivity index (χ1) is 17.0. The summed E-state index contributed by atoms with van der Waals surface area (Å²) in [4.78, 5) is 14.0. The molecule has 2 N–H and O–H groups in total. The summed E-state index contributed by atoms with van der Waals surface area (Å²) in [6.07, 6.45) is 1.74. The Morgan fingerprint density at radius 3 is 2.49 bits per heavy atom. The van der Waals surface area contributed by atoms with Crippen LogP contribution in [0.2, 0.25) is 0 Å². The highest BCUT2D eigenvalue weighted by Crippen LogP contribution is 2.39. The van der Waals surface area contributed by atoms with Gasteiger partial charge >= 0.3 is 0 Å². The number of likely N-dealkylation sites (tertiary alicyclic amines) is 1. The number of carbonyl (C=O) groups is 1. The molecular weight excluding hydrogens is 448 g/mol. The molecule has 188 valence electrons.